The van der Waals surface area contributed by atoms with Gasteiger partial charge in [0.15, 0.2) is 5.60 Å². The molecule has 1 amide bonds. The summed E-state index contributed by atoms with van der Waals surface area (Å²) < 4.78 is 0. The minimum absolute atomic E-state index is 0.0407. The zero-order chi connectivity index (χ0) is 17.2. The molecule has 24 heavy (non-hydrogen) atoms. The average molecular weight is 330 g/mol. The number of hydrogen-bond acceptors (Lipinski definition) is 3. The Morgan fingerprint density at radius 1 is 1.08 bits per heavy atom. The predicted molar refractivity (Wildman–Crippen MR) is 95.6 cm³/mol. The molecule has 1 saturated carbocycles. The van der Waals surface area contributed by atoms with Crippen LogP contribution in [0.25, 0.3) is 0 Å². The van der Waals surface area contributed by atoms with Gasteiger partial charge in [-0.05, 0) is 45.3 Å². The molecule has 1 N–H and O–H groups in total. The van der Waals surface area contributed by atoms with Crippen LogP contribution in [0.1, 0.15) is 44.1 Å². The first kappa shape index (κ1) is 17.4. The van der Waals surface area contributed by atoms with E-state index in [0.29, 0.717) is 6.04 Å². The lowest BCUT2D eigenvalue weighted by Gasteiger charge is -2.41. The zero-order valence-electron chi connectivity index (χ0n) is 14.9. The molecule has 0 spiro atoms. The summed E-state index contributed by atoms with van der Waals surface area (Å²) in [6, 6.07) is 10.1. The molecule has 1 heterocycles. The summed E-state index contributed by atoms with van der Waals surface area (Å²) in [5.74, 6) is -0.0446. The first-order chi connectivity index (χ1) is 11.5. The van der Waals surface area contributed by atoms with Gasteiger partial charge in [0.25, 0.3) is 5.91 Å². The molecule has 1 aliphatic carbocycles. The van der Waals surface area contributed by atoms with E-state index in [-0.39, 0.29) is 11.8 Å². The van der Waals surface area contributed by atoms with E-state index >= 15 is 0 Å². The number of amides is 1. The summed E-state index contributed by atoms with van der Waals surface area (Å²) in [6.45, 7) is 1.48. The van der Waals surface area contributed by atoms with Crippen molar-refractivity contribution in [2.24, 2.45) is 5.92 Å². The topological polar surface area (TPSA) is 43.8 Å². The summed E-state index contributed by atoms with van der Waals surface area (Å²) in [6.07, 6.45) is 6.05. The number of hydrogen-bond donors (Lipinski definition) is 1. The van der Waals surface area contributed by atoms with Crippen molar-refractivity contribution in [2.45, 2.75) is 50.2 Å². The molecule has 0 bridgehead atoms. The van der Waals surface area contributed by atoms with Crippen LogP contribution in [0.3, 0.4) is 0 Å². The highest BCUT2D eigenvalue weighted by molar-refractivity contribution is 5.87. The van der Waals surface area contributed by atoms with Gasteiger partial charge in [-0.2, -0.15) is 0 Å². The number of aliphatic hydroxyl groups is 1. The maximum atomic E-state index is 13.3. The molecule has 2 fully saturated rings. The molecule has 0 unspecified atom stereocenters. The van der Waals surface area contributed by atoms with Crippen molar-refractivity contribution in [3.05, 3.63) is 35.9 Å². The highest BCUT2D eigenvalue weighted by Gasteiger charge is 2.48. The van der Waals surface area contributed by atoms with Gasteiger partial charge in [0.2, 0.25) is 0 Å². The van der Waals surface area contributed by atoms with E-state index in [0.717, 1.165) is 57.2 Å². The SMILES string of the molecule is CN(C)C1CCN(C(=O)[C@](O)(c2ccccc2)C2CCCC2)CC1. The average Bonchev–Trinajstić information content (AvgIpc) is 3.16. The molecule has 132 valence electrons. The van der Waals surface area contributed by atoms with Crippen LogP contribution in [0, 0.1) is 5.92 Å². The van der Waals surface area contributed by atoms with Gasteiger partial charge in [-0.1, -0.05) is 43.2 Å². The number of benzene rings is 1. The number of carbonyl (C=O) groups is 1. The van der Waals surface area contributed by atoms with E-state index in [1.807, 2.05) is 35.2 Å². The van der Waals surface area contributed by atoms with Gasteiger partial charge in [0, 0.05) is 25.0 Å². The minimum Gasteiger partial charge on any atom is -0.375 e. The molecule has 2 aliphatic rings. The molecule has 1 saturated heterocycles. The standard InChI is InChI=1S/C20H30N2O2/c1-21(2)18-12-14-22(15-13-18)19(23)20(24,17-10-6-7-11-17)16-8-4-3-5-9-16/h3-5,8-9,17-18,24H,6-7,10-15H2,1-2H3/t20-/m0/s1. The Morgan fingerprint density at radius 2 is 1.67 bits per heavy atom. The second-order valence-corrected chi connectivity index (χ2v) is 7.60. The maximum absolute atomic E-state index is 13.3. The quantitative estimate of drug-likeness (QED) is 0.923. The fourth-order valence-electron chi connectivity index (χ4n) is 4.40. The van der Waals surface area contributed by atoms with Gasteiger partial charge < -0.3 is 14.9 Å². The van der Waals surface area contributed by atoms with Crippen molar-refractivity contribution in [1.29, 1.82) is 0 Å². The van der Waals surface area contributed by atoms with Gasteiger partial charge in [-0.25, -0.2) is 0 Å². The van der Waals surface area contributed by atoms with Gasteiger partial charge in [-0.15, -0.1) is 0 Å². The van der Waals surface area contributed by atoms with Gasteiger partial charge in [0.05, 0.1) is 0 Å². The van der Waals surface area contributed by atoms with Crippen molar-refractivity contribution in [1.82, 2.24) is 9.80 Å². The van der Waals surface area contributed by atoms with E-state index in [1.54, 1.807) is 0 Å². The highest BCUT2D eigenvalue weighted by Crippen LogP contribution is 2.42. The molecule has 1 aromatic carbocycles. The molecule has 4 nitrogen and oxygen atoms in total. The molecule has 4 heteroatoms. The molecule has 0 radical (unpaired) electrons. The molecule has 1 atom stereocenters. The summed E-state index contributed by atoms with van der Waals surface area (Å²) >= 11 is 0. The second-order valence-electron chi connectivity index (χ2n) is 7.60. The Bertz CT molecular complexity index is 546. The van der Waals surface area contributed by atoms with Crippen LogP contribution in [0.15, 0.2) is 30.3 Å². The molecular formula is C20H30N2O2. The Morgan fingerprint density at radius 3 is 2.21 bits per heavy atom. The fraction of sp³-hybridized carbons (Fsp3) is 0.650. The van der Waals surface area contributed by atoms with E-state index in [4.69, 9.17) is 0 Å². The molecule has 3 rings (SSSR count). The maximum Gasteiger partial charge on any atom is 0.259 e. The second kappa shape index (κ2) is 7.24. The Kier molecular flexibility index (Phi) is 5.26. The summed E-state index contributed by atoms with van der Waals surface area (Å²) in [4.78, 5) is 17.5. The Labute approximate surface area is 145 Å². The molecule has 1 aliphatic heterocycles. The number of piperidine rings is 1. The van der Waals surface area contributed by atoms with Crippen molar-refractivity contribution < 1.29 is 9.90 Å². The Balaban J connectivity index is 1.82. The van der Waals surface area contributed by atoms with Crippen molar-refractivity contribution in [3.63, 3.8) is 0 Å². The third-order valence-electron chi connectivity index (χ3n) is 5.97. The van der Waals surface area contributed by atoms with E-state index in [1.165, 1.54) is 0 Å². The predicted octanol–water partition coefficient (Wildman–Crippen LogP) is 2.62. The lowest BCUT2D eigenvalue weighted by Crippen LogP contribution is -2.54. The Hall–Kier alpha value is -1.39. The van der Waals surface area contributed by atoms with Crippen LogP contribution in [-0.4, -0.2) is 54.0 Å². The summed E-state index contributed by atoms with van der Waals surface area (Å²) in [5, 5.41) is 11.6. The molecule has 0 aromatic heterocycles. The third-order valence-corrected chi connectivity index (χ3v) is 5.97. The van der Waals surface area contributed by atoms with Crippen molar-refractivity contribution in [2.75, 3.05) is 27.2 Å². The summed E-state index contributed by atoms with van der Waals surface area (Å²) in [7, 11) is 4.20. The van der Waals surface area contributed by atoms with Crippen LogP contribution in [0.5, 0.6) is 0 Å². The van der Waals surface area contributed by atoms with Gasteiger partial charge in [-0.3, -0.25) is 4.79 Å². The van der Waals surface area contributed by atoms with Crippen LogP contribution in [0.2, 0.25) is 0 Å². The molecular weight excluding hydrogens is 300 g/mol. The van der Waals surface area contributed by atoms with Crippen LogP contribution in [-0.2, 0) is 10.4 Å². The van der Waals surface area contributed by atoms with Crippen molar-refractivity contribution >= 4 is 5.91 Å². The first-order valence-electron chi connectivity index (χ1n) is 9.27. The van der Waals surface area contributed by atoms with E-state index in [2.05, 4.69) is 19.0 Å². The highest BCUT2D eigenvalue weighted by atomic mass is 16.3. The van der Waals surface area contributed by atoms with E-state index in [9.17, 15) is 9.90 Å². The zero-order valence-corrected chi connectivity index (χ0v) is 14.9. The summed E-state index contributed by atoms with van der Waals surface area (Å²) in [5.41, 5.74) is -0.598. The first-order valence-corrected chi connectivity index (χ1v) is 9.27. The number of rotatable bonds is 4. The minimum atomic E-state index is -1.36. The van der Waals surface area contributed by atoms with Crippen LogP contribution in [0.4, 0.5) is 0 Å². The number of nitrogens with zero attached hydrogens (tertiary/aromatic N) is 2. The number of likely N-dealkylation sites (tertiary alicyclic amines) is 1. The normalized spacial score (nSPS) is 22.8. The van der Waals surface area contributed by atoms with Crippen LogP contribution < -0.4 is 0 Å². The van der Waals surface area contributed by atoms with Crippen molar-refractivity contribution in [3.8, 4) is 0 Å². The lowest BCUT2D eigenvalue weighted by molar-refractivity contribution is -0.160. The van der Waals surface area contributed by atoms with Crippen LogP contribution >= 0.6 is 0 Å². The monoisotopic (exact) mass is 330 g/mol. The largest absolute Gasteiger partial charge is 0.375 e. The number of carbonyl (C=O) groups excluding carboxylic acids is 1. The van der Waals surface area contributed by atoms with E-state index < -0.39 is 5.60 Å². The lowest BCUT2D eigenvalue weighted by atomic mass is 9.78. The van der Waals surface area contributed by atoms with Gasteiger partial charge >= 0.3 is 0 Å². The smallest absolute Gasteiger partial charge is 0.259 e. The van der Waals surface area contributed by atoms with Gasteiger partial charge in [0.1, 0.15) is 0 Å². The third kappa shape index (κ3) is 3.22. The molecule has 1 aromatic rings. The fourth-order valence-corrected chi connectivity index (χ4v) is 4.40.